The summed E-state index contributed by atoms with van der Waals surface area (Å²) in [5.41, 5.74) is 1.85. The summed E-state index contributed by atoms with van der Waals surface area (Å²) in [5, 5.41) is 5.12. The van der Waals surface area contributed by atoms with E-state index in [1.807, 2.05) is 24.3 Å². The minimum atomic E-state index is -4.74. The third-order valence-electron chi connectivity index (χ3n) is 5.06. The molecule has 3 aromatic rings. The monoisotopic (exact) mass is 478 g/mol. The Balaban J connectivity index is 1.34. The summed E-state index contributed by atoms with van der Waals surface area (Å²) in [5.74, 6) is 0.328. The molecule has 1 aliphatic rings. The molecular weight excluding hydrogens is 457 g/mol. The second-order valence-electron chi connectivity index (χ2n) is 7.19. The lowest BCUT2D eigenvalue weighted by molar-refractivity contribution is -0.274. The van der Waals surface area contributed by atoms with Crippen LogP contribution in [0.3, 0.4) is 0 Å². The molecule has 2 aromatic carbocycles. The number of carbonyl (C=O) groups excluding carboxylic acids is 1. The predicted octanol–water partition coefficient (Wildman–Crippen LogP) is 4.76. The van der Waals surface area contributed by atoms with Crippen molar-refractivity contribution in [3.05, 3.63) is 59.6 Å². The quantitative estimate of drug-likeness (QED) is 0.551. The average Bonchev–Trinajstić information content (AvgIpc) is 3.27. The molecule has 33 heavy (non-hydrogen) atoms. The van der Waals surface area contributed by atoms with E-state index in [2.05, 4.69) is 19.9 Å². The second-order valence-corrected chi connectivity index (χ2v) is 8.04. The number of alkyl halides is 3. The largest absolute Gasteiger partial charge is 0.573 e. The van der Waals surface area contributed by atoms with Gasteiger partial charge >= 0.3 is 6.36 Å². The molecule has 0 spiro atoms. The number of anilines is 3. The highest BCUT2D eigenvalue weighted by molar-refractivity contribution is 7.14. The third kappa shape index (κ3) is 5.67. The van der Waals surface area contributed by atoms with E-state index < -0.39 is 6.36 Å². The van der Waals surface area contributed by atoms with E-state index in [1.165, 1.54) is 35.6 Å². The Labute approximate surface area is 192 Å². The Morgan fingerprint density at radius 3 is 2.42 bits per heavy atom. The number of hydrogen-bond donors (Lipinski definition) is 1. The molecule has 0 aliphatic carbocycles. The number of benzene rings is 2. The van der Waals surface area contributed by atoms with Crippen LogP contribution in [0.5, 0.6) is 11.5 Å². The minimum Gasteiger partial charge on any atom is -0.495 e. The van der Waals surface area contributed by atoms with Gasteiger partial charge in [-0.2, -0.15) is 0 Å². The van der Waals surface area contributed by atoms with Crippen LogP contribution in [-0.4, -0.2) is 55.4 Å². The number of hydrogen-bond acceptors (Lipinski definition) is 7. The van der Waals surface area contributed by atoms with Crippen LogP contribution in [0, 0.1) is 0 Å². The summed E-state index contributed by atoms with van der Waals surface area (Å²) in [6.07, 6.45) is -4.74. The van der Waals surface area contributed by atoms with Crippen LogP contribution in [-0.2, 0) is 0 Å². The van der Waals surface area contributed by atoms with Gasteiger partial charge in [0.2, 0.25) is 0 Å². The van der Waals surface area contributed by atoms with Crippen molar-refractivity contribution in [3.8, 4) is 11.5 Å². The normalized spacial score (nSPS) is 14.2. The van der Waals surface area contributed by atoms with Crippen LogP contribution in [0.1, 0.15) is 10.5 Å². The molecule has 0 saturated carbocycles. The average molecular weight is 478 g/mol. The lowest BCUT2D eigenvalue weighted by Crippen LogP contribution is -2.49. The van der Waals surface area contributed by atoms with Gasteiger partial charge in [0.15, 0.2) is 5.13 Å². The standard InChI is InChI=1S/C22H21F3N4O3S/c1-31-19-5-3-2-4-18(19)28-10-12-29(13-11-28)20(30)17-14-33-21(27-17)26-15-6-8-16(9-7-15)32-22(23,24)25/h2-9,14H,10-13H2,1H3,(H,26,27). The number of nitrogens with zero attached hydrogens (tertiary/aromatic N) is 3. The fourth-order valence-electron chi connectivity index (χ4n) is 3.50. The van der Waals surface area contributed by atoms with E-state index in [4.69, 9.17) is 4.74 Å². The number of methoxy groups -OCH3 is 1. The van der Waals surface area contributed by atoms with E-state index in [0.717, 1.165) is 11.4 Å². The molecule has 0 atom stereocenters. The van der Waals surface area contributed by atoms with Crippen molar-refractivity contribution in [3.63, 3.8) is 0 Å². The van der Waals surface area contributed by atoms with Crippen molar-refractivity contribution in [2.45, 2.75) is 6.36 Å². The molecule has 1 amide bonds. The summed E-state index contributed by atoms with van der Waals surface area (Å²) in [7, 11) is 1.64. The predicted molar refractivity (Wildman–Crippen MR) is 120 cm³/mol. The molecule has 7 nitrogen and oxygen atoms in total. The molecule has 0 unspecified atom stereocenters. The molecular formula is C22H21F3N4O3S. The van der Waals surface area contributed by atoms with Crippen molar-refractivity contribution in [1.82, 2.24) is 9.88 Å². The van der Waals surface area contributed by atoms with Gasteiger partial charge in [-0.25, -0.2) is 4.98 Å². The first kappa shape index (κ1) is 22.7. The first-order valence-electron chi connectivity index (χ1n) is 10.1. The molecule has 1 N–H and O–H groups in total. The number of thiazole rings is 1. The lowest BCUT2D eigenvalue weighted by atomic mass is 10.2. The number of halogens is 3. The Hall–Kier alpha value is -3.47. The van der Waals surface area contributed by atoms with Gasteiger partial charge in [0.1, 0.15) is 17.2 Å². The van der Waals surface area contributed by atoms with E-state index in [9.17, 15) is 18.0 Å². The van der Waals surface area contributed by atoms with Crippen LogP contribution < -0.4 is 19.7 Å². The molecule has 1 aliphatic heterocycles. The van der Waals surface area contributed by atoms with Crippen LogP contribution >= 0.6 is 11.3 Å². The van der Waals surface area contributed by atoms with Gasteiger partial charge in [-0.05, 0) is 36.4 Å². The van der Waals surface area contributed by atoms with E-state index in [-0.39, 0.29) is 11.7 Å². The SMILES string of the molecule is COc1ccccc1N1CCN(C(=O)c2csc(Nc3ccc(OC(F)(F)F)cc3)n2)CC1. The van der Waals surface area contributed by atoms with Gasteiger partial charge in [0.25, 0.3) is 5.91 Å². The molecule has 174 valence electrons. The van der Waals surface area contributed by atoms with Gasteiger partial charge in [-0.1, -0.05) is 12.1 Å². The number of amides is 1. The first-order chi connectivity index (χ1) is 15.8. The maximum Gasteiger partial charge on any atom is 0.573 e. The topological polar surface area (TPSA) is 66.9 Å². The molecule has 11 heteroatoms. The highest BCUT2D eigenvalue weighted by atomic mass is 32.1. The summed E-state index contributed by atoms with van der Waals surface area (Å²) in [6.45, 7) is 2.46. The molecule has 4 rings (SSSR count). The molecule has 0 radical (unpaired) electrons. The number of rotatable bonds is 6. The molecule has 1 fully saturated rings. The second kappa shape index (κ2) is 9.57. The van der Waals surface area contributed by atoms with Gasteiger partial charge < -0.3 is 24.6 Å². The zero-order chi connectivity index (χ0) is 23.4. The summed E-state index contributed by atoms with van der Waals surface area (Å²) in [6, 6.07) is 13.1. The highest BCUT2D eigenvalue weighted by Crippen LogP contribution is 2.29. The Kier molecular flexibility index (Phi) is 6.59. The Morgan fingerprint density at radius 2 is 1.76 bits per heavy atom. The third-order valence-corrected chi connectivity index (χ3v) is 5.81. The smallest absolute Gasteiger partial charge is 0.495 e. The van der Waals surface area contributed by atoms with Crippen molar-refractivity contribution in [2.24, 2.45) is 0 Å². The number of carbonyl (C=O) groups is 1. The zero-order valence-corrected chi connectivity index (χ0v) is 18.4. The highest BCUT2D eigenvalue weighted by Gasteiger charge is 2.31. The molecule has 0 bridgehead atoms. The van der Waals surface area contributed by atoms with Crippen molar-refractivity contribution >= 4 is 33.8 Å². The van der Waals surface area contributed by atoms with Crippen LogP contribution in [0.4, 0.5) is 29.7 Å². The molecule has 2 heterocycles. The van der Waals surface area contributed by atoms with E-state index in [0.29, 0.717) is 42.7 Å². The number of para-hydroxylation sites is 2. The maximum absolute atomic E-state index is 12.9. The molecule has 1 aromatic heterocycles. The van der Waals surface area contributed by atoms with E-state index in [1.54, 1.807) is 17.4 Å². The van der Waals surface area contributed by atoms with Crippen LogP contribution in [0.15, 0.2) is 53.9 Å². The fraction of sp³-hybridized carbons (Fsp3) is 0.273. The number of aromatic nitrogens is 1. The minimum absolute atomic E-state index is 0.159. The van der Waals surface area contributed by atoms with Crippen LogP contribution in [0.2, 0.25) is 0 Å². The summed E-state index contributed by atoms with van der Waals surface area (Å²) in [4.78, 5) is 21.2. The van der Waals surface area contributed by atoms with Gasteiger partial charge in [-0.15, -0.1) is 24.5 Å². The molecule has 1 saturated heterocycles. The van der Waals surface area contributed by atoms with Crippen molar-refractivity contribution in [2.75, 3.05) is 43.5 Å². The zero-order valence-electron chi connectivity index (χ0n) is 17.6. The van der Waals surface area contributed by atoms with Crippen molar-refractivity contribution < 1.29 is 27.4 Å². The Morgan fingerprint density at radius 1 is 1.06 bits per heavy atom. The number of ether oxygens (including phenoxy) is 2. The first-order valence-corrected chi connectivity index (χ1v) is 11.0. The van der Waals surface area contributed by atoms with Gasteiger partial charge in [0, 0.05) is 37.2 Å². The van der Waals surface area contributed by atoms with Gasteiger partial charge in [-0.3, -0.25) is 4.79 Å². The lowest BCUT2D eigenvalue weighted by Gasteiger charge is -2.36. The fourth-order valence-corrected chi connectivity index (χ4v) is 4.20. The Bertz CT molecular complexity index is 1100. The van der Waals surface area contributed by atoms with Gasteiger partial charge in [0.05, 0.1) is 12.8 Å². The van der Waals surface area contributed by atoms with Crippen LogP contribution in [0.25, 0.3) is 0 Å². The number of piperazine rings is 1. The number of nitrogens with one attached hydrogen (secondary N) is 1. The maximum atomic E-state index is 12.9. The summed E-state index contributed by atoms with van der Waals surface area (Å²) >= 11 is 1.25. The van der Waals surface area contributed by atoms with E-state index >= 15 is 0 Å². The van der Waals surface area contributed by atoms with Crippen molar-refractivity contribution in [1.29, 1.82) is 0 Å². The summed E-state index contributed by atoms with van der Waals surface area (Å²) < 4.78 is 46.1.